The molecule has 1 unspecified atom stereocenters. The quantitative estimate of drug-likeness (QED) is 0.850. The highest BCUT2D eigenvalue weighted by Crippen LogP contribution is 2.22. The van der Waals surface area contributed by atoms with Crippen molar-refractivity contribution in [3.63, 3.8) is 0 Å². The van der Waals surface area contributed by atoms with Crippen LogP contribution in [0.1, 0.15) is 32.4 Å². The zero-order valence-corrected chi connectivity index (χ0v) is 13.5. The summed E-state index contributed by atoms with van der Waals surface area (Å²) in [7, 11) is 0. The van der Waals surface area contributed by atoms with Crippen LogP contribution in [0.15, 0.2) is 12.1 Å². The molecule has 114 valence electrons. The lowest BCUT2D eigenvalue weighted by Crippen LogP contribution is -2.33. The summed E-state index contributed by atoms with van der Waals surface area (Å²) >= 11 is 5.28. The van der Waals surface area contributed by atoms with E-state index in [0.717, 1.165) is 5.52 Å². The largest absolute Gasteiger partial charge is 0.354 e. The summed E-state index contributed by atoms with van der Waals surface area (Å²) < 4.78 is 15.8. The van der Waals surface area contributed by atoms with E-state index in [1.165, 1.54) is 6.07 Å². The Morgan fingerprint density at radius 3 is 2.71 bits per heavy atom. The van der Waals surface area contributed by atoms with Crippen LogP contribution in [0, 0.1) is 23.4 Å². The predicted octanol–water partition coefficient (Wildman–Crippen LogP) is 3.48. The first-order chi connectivity index (χ1) is 9.81. The molecule has 0 fully saturated rings. The molecule has 1 heterocycles. The molecular formula is C15H20FN3OS. The van der Waals surface area contributed by atoms with Gasteiger partial charge >= 0.3 is 0 Å². The van der Waals surface area contributed by atoms with Crippen molar-refractivity contribution in [1.29, 1.82) is 0 Å². The molecule has 4 nitrogen and oxygen atoms in total. The van der Waals surface area contributed by atoms with Gasteiger partial charge in [0.05, 0.1) is 11.0 Å². The molecule has 0 aliphatic heterocycles. The minimum Gasteiger partial charge on any atom is -0.354 e. The Kier molecular flexibility index (Phi) is 4.46. The lowest BCUT2D eigenvalue weighted by molar-refractivity contribution is -0.123. The standard InChI is InChI=1S/C15H20FN3OS/c1-8(2)7-17-14(20)10(4)19-13-5-9(3)11(16)6-12(13)18-15(19)21/h5-6,8,10H,7H2,1-4H3,(H,17,20)(H,18,21). The number of carbonyl (C=O) groups is 1. The van der Waals surface area contributed by atoms with Crippen molar-refractivity contribution in [2.75, 3.05) is 6.54 Å². The highest BCUT2D eigenvalue weighted by molar-refractivity contribution is 7.71. The van der Waals surface area contributed by atoms with Crippen LogP contribution in [0.2, 0.25) is 0 Å². The van der Waals surface area contributed by atoms with Gasteiger partial charge in [0, 0.05) is 6.54 Å². The van der Waals surface area contributed by atoms with E-state index in [1.54, 1.807) is 24.5 Å². The molecule has 0 aliphatic carbocycles. The number of fused-ring (bicyclic) bond motifs is 1. The minimum atomic E-state index is -0.449. The molecule has 0 saturated heterocycles. The summed E-state index contributed by atoms with van der Waals surface area (Å²) in [6.07, 6.45) is 0. The lowest BCUT2D eigenvalue weighted by atomic mass is 10.2. The molecule has 0 spiro atoms. The maximum atomic E-state index is 13.6. The van der Waals surface area contributed by atoms with Gasteiger partial charge in [0.2, 0.25) is 5.91 Å². The van der Waals surface area contributed by atoms with Crippen molar-refractivity contribution in [2.24, 2.45) is 5.92 Å². The Morgan fingerprint density at radius 2 is 2.10 bits per heavy atom. The molecule has 2 rings (SSSR count). The Morgan fingerprint density at radius 1 is 1.43 bits per heavy atom. The van der Waals surface area contributed by atoms with E-state index in [-0.39, 0.29) is 11.7 Å². The number of halogens is 1. The molecule has 0 bridgehead atoms. The average molecular weight is 309 g/mol. The Balaban J connectivity index is 2.41. The monoisotopic (exact) mass is 309 g/mol. The van der Waals surface area contributed by atoms with Crippen LogP contribution in [-0.2, 0) is 4.79 Å². The number of imidazole rings is 1. The number of hydrogen-bond donors (Lipinski definition) is 2. The number of aromatic nitrogens is 2. The van der Waals surface area contributed by atoms with Gasteiger partial charge in [-0.25, -0.2) is 4.39 Å². The highest BCUT2D eigenvalue weighted by Gasteiger charge is 2.19. The molecule has 2 aromatic rings. The van der Waals surface area contributed by atoms with Gasteiger partial charge in [-0.05, 0) is 49.7 Å². The lowest BCUT2D eigenvalue weighted by Gasteiger charge is -2.16. The second-order valence-electron chi connectivity index (χ2n) is 5.73. The van der Waals surface area contributed by atoms with Crippen molar-refractivity contribution in [3.05, 3.63) is 28.3 Å². The first-order valence-corrected chi connectivity index (χ1v) is 7.40. The topological polar surface area (TPSA) is 49.8 Å². The van der Waals surface area contributed by atoms with E-state index in [9.17, 15) is 9.18 Å². The number of aromatic amines is 1. The molecule has 1 aromatic heterocycles. The van der Waals surface area contributed by atoms with Gasteiger partial charge < -0.3 is 14.9 Å². The van der Waals surface area contributed by atoms with E-state index in [4.69, 9.17) is 12.2 Å². The fourth-order valence-electron chi connectivity index (χ4n) is 2.20. The number of nitrogens with zero attached hydrogens (tertiary/aromatic N) is 1. The summed E-state index contributed by atoms with van der Waals surface area (Å²) in [6.45, 7) is 8.17. The summed E-state index contributed by atoms with van der Waals surface area (Å²) in [5, 5.41) is 2.89. The Labute approximate surface area is 128 Å². The number of nitrogens with one attached hydrogen (secondary N) is 2. The average Bonchev–Trinajstić information content (AvgIpc) is 2.71. The van der Waals surface area contributed by atoms with E-state index in [1.807, 2.05) is 13.8 Å². The van der Waals surface area contributed by atoms with Crippen LogP contribution in [0.4, 0.5) is 4.39 Å². The van der Waals surface area contributed by atoms with Gasteiger partial charge in [-0.2, -0.15) is 0 Å². The Bertz CT molecular complexity index is 732. The molecule has 0 radical (unpaired) electrons. The number of amides is 1. The molecule has 1 amide bonds. The number of aryl methyl sites for hydroxylation is 1. The smallest absolute Gasteiger partial charge is 0.242 e. The minimum absolute atomic E-state index is 0.0947. The number of benzene rings is 1. The van der Waals surface area contributed by atoms with Crippen LogP contribution in [0.3, 0.4) is 0 Å². The number of rotatable bonds is 4. The van der Waals surface area contributed by atoms with Crippen LogP contribution in [0.5, 0.6) is 0 Å². The molecule has 2 N–H and O–H groups in total. The van der Waals surface area contributed by atoms with Gasteiger partial charge in [-0.1, -0.05) is 13.8 Å². The van der Waals surface area contributed by atoms with Gasteiger partial charge in [-0.15, -0.1) is 0 Å². The van der Waals surface area contributed by atoms with Gasteiger partial charge in [0.1, 0.15) is 11.9 Å². The third-order valence-electron chi connectivity index (χ3n) is 3.45. The van der Waals surface area contributed by atoms with Crippen LogP contribution in [0.25, 0.3) is 11.0 Å². The van der Waals surface area contributed by atoms with Gasteiger partial charge in [-0.3, -0.25) is 4.79 Å². The second-order valence-corrected chi connectivity index (χ2v) is 6.12. The Hall–Kier alpha value is -1.69. The SMILES string of the molecule is Cc1cc2c(cc1F)[nH]c(=S)n2C(C)C(=O)NCC(C)C. The first-order valence-electron chi connectivity index (χ1n) is 6.99. The van der Waals surface area contributed by atoms with Crippen LogP contribution >= 0.6 is 12.2 Å². The summed E-state index contributed by atoms with van der Waals surface area (Å²) in [6, 6.07) is 2.67. The van der Waals surface area contributed by atoms with E-state index < -0.39 is 6.04 Å². The number of H-pyrrole nitrogens is 1. The maximum Gasteiger partial charge on any atom is 0.242 e. The van der Waals surface area contributed by atoms with Crippen molar-refractivity contribution in [3.8, 4) is 0 Å². The maximum absolute atomic E-state index is 13.6. The van der Waals surface area contributed by atoms with Crippen molar-refractivity contribution in [1.82, 2.24) is 14.9 Å². The molecule has 21 heavy (non-hydrogen) atoms. The molecule has 0 aliphatic rings. The fourth-order valence-corrected chi connectivity index (χ4v) is 2.57. The summed E-state index contributed by atoms with van der Waals surface area (Å²) in [5.41, 5.74) is 1.87. The molecule has 1 atom stereocenters. The summed E-state index contributed by atoms with van der Waals surface area (Å²) in [5.74, 6) is -0.000999. The first kappa shape index (κ1) is 15.7. The molecule has 6 heteroatoms. The fraction of sp³-hybridized carbons (Fsp3) is 0.467. The molecule has 1 aromatic carbocycles. The van der Waals surface area contributed by atoms with Crippen molar-refractivity contribution < 1.29 is 9.18 Å². The third-order valence-corrected chi connectivity index (χ3v) is 3.75. The highest BCUT2D eigenvalue weighted by atomic mass is 32.1. The van der Waals surface area contributed by atoms with Gasteiger partial charge in [0.15, 0.2) is 4.77 Å². The van der Waals surface area contributed by atoms with Crippen LogP contribution < -0.4 is 5.32 Å². The number of carbonyl (C=O) groups excluding carboxylic acids is 1. The number of hydrogen-bond acceptors (Lipinski definition) is 2. The van der Waals surface area contributed by atoms with E-state index >= 15 is 0 Å². The predicted molar refractivity (Wildman–Crippen MR) is 84.4 cm³/mol. The molecular weight excluding hydrogens is 289 g/mol. The zero-order valence-electron chi connectivity index (χ0n) is 12.7. The summed E-state index contributed by atoms with van der Waals surface area (Å²) in [4.78, 5) is 15.2. The van der Waals surface area contributed by atoms with Crippen molar-refractivity contribution >= 4 is 29.2 Å². The van der Waals surface area contributed by atoms with E-state index in [2.05, 4.69) is 10.3 Å². The van der Waals surface area contributed by atoms with E-state index in [0.29, 0.717) is 28.3 Å². The molecule has 0 saturated carbocycles. The van der Waals surface area contributed by atoms with Gasteiger partial charge in [0.25, 0.3) is 0 Å². The normalized spacial score (nSPS) is 12.9. The van der Waals surface area contributed by atoms with Crippen molar-refractivity contribution in [2.45, 2.75) is 33.7 Å². The zero-order chi connectivity index (χ0) is 15.7. The van der Waals surface area contributed by atoms with Crippen LogP contribution in [-0.4, -0.2) is 22.0 Å². The second kappa shape index (κ2) is 5.97. The third kappa shape index (κ3) is 3.15.